The first kappa shape index (κ1) is 15.9. The fourth-order valence-corrected chi connectivity index (χ4v) is 3.15. The largest absolute Gasteiger partial charge is 0.359 e. The Labute approximate surface area is 125 Å². The van der Waals surface area contributed by atoms with Crippen molar-refractivity contribution in [3.05, 3.63) is 0 Å². The molecule has 2 aliphatic rings. The molecule has 1 atom stereocenters. The van der Waals surface area contributed by atoms with Crippen molar-refractivity contribution in [3.63, 3.8) is 0 Å². The lowest BCUT2D eigenvalue weighted by molar-refractivity contribution is -0.141. The van der Waals surface area contributed by atoms with Crippen molar-refractivity contribution < 1.29 is 14.4 Å². The van der Waals surface area contributed by atoms with Crippen LogP contribution in [0.4, 0.5) is 0 Å². The summed E-state index contributed by atoms with van der Waals surface area (Å²) in [6, 6.07) is -0.397. The van der Waals surface area contributed by atoms with Gasteiger partial charge in [0.05, 0.1) is 17.9 Å². The number of rotatable bonds is 5. The van der Waals surface area contributed by atoms with Crippen LogP contribution in [-0.4, -0.2) is 48.3 Å². The summed E-state index contributed by atoms with van der Waals surface area (Å²) in [6.07, 6.45) is 4.23. The summed E-state index contributed by atoms with van der Waals surface area (Å²) in [4.78, 5) is 37.7. The van der Waals surface area contributed by atoms with Crippen LogP contribution in [0.2, 0.25) is 0 Å². The summed E-state index contributed by atoms with van der Waals surface area (Å²) in [5, 5.41) is 5.71. The molecule has 1 saturated heterocycles. The number of amides is 3. The molecule has 2 rings (SSSR count). The summed E-state index contributed by atoms with van der Waals surface area (Å²) in [7, 11) is 1.59. The predicted molar refractivity (Wildman–Crippen MR) is 78.4 cm³/mol. The van der Waals surface area contributed by atoms with Crippen LogP contribution in [0.1, 0.15) is 46.0 Å². The second kappa shape index (κ2) is 6.13. The molecule has 21 heavy (non-hydrogen) atoms. The molecule has 6 heteroatoms. The molecular formula is C15H25N3O3. The van der Waals surface area contributed by atoms with E-state index in [0.29, 0.717) is 6.54 Å². The van der Waals surface area contributed by atoms with E-state index in [1.165, 1.54) is 4.90 Å². The first-order chi connectivity index (χ1) is 9.86. The molecule has 3 amide bonds. The van der Waals surface area contributed by atoms with Gasteiger partial charge in [0, 0.05) is 19.6 Å². The number of likely N-dealkylation sites (tertiary alicyclic amines) is 1. The van der Waals surface area contributed by atoms with Gasteiger partial charge in [-0.3, -0.25) is 19.3 Å². The Morgan fingerprint density at radius 3 is 2.48 bits per heavy atom. The topological polar surface area (TPSA) is 78.5 Å². The number of carbonyl (C=O) groups excluding carboxylic acids is 3. The van der Waals surface area contributed by atoms with Crippen molar-refractivity contribution in [2.45, 2.75) is 58.0 Å². The van der Waals surface area contributed by atoms with Gasteiger partial charge < -0.3 is 10.6 Å². The standard InChI is InChI=1S/C15H25N3O3/c1-15(2,14(21)16-3)9-17-11-8-12(19)18(13(11)20)10-6-4-5-7-10/h10-11,17H,4-9H2,1-3H3,(H,16,21). The Hall–Kier alpha value is -1.43. The molecule has 0 bridgehead atoms. The zero-order chi connectivity index (χ0) is 15.6. The van der Waals surface area contributed by atoms with Gasteiger partial charge in [-0.15, -0.1) is 0 Å². The first-order valence-electron chi connectivity index (χ1n) is 7.68. The number of imide groups is 1. The molecule has 1 saturated carbocycles. The maximum absolute atomic E-state index is 12.4. The van der Waals surface area contributed by atoms with Gasteiger partial charge in [-0.25, -0.2) is 0 Å². The van der Waals surface area contributed by atoms with Crippen LogP contribution in [0.15, 0.2) is 0 Å². The van der Waals surface area contributed by atoms with E-state index in [1.54, 1.807) is 7.05 Å². The lowest BCUT2D eigenvalue weighted by Crippen LogP contribution is -2.48. The Morgan fingerprint density at radius 1 is 1.29 bits per heavy atom. The highest BCUT2D eigenvalue weighted by Crippen LogP contribution is 2.28. The third-order valence-corrected chi connectivity index (χ3v) is 4.50. The maximum atomic E-state index is 12.4. The van der Waals surface area contributed by atoms with Gasteiger partial charge in [0.15, 0.2) is 0 Å². The van der Waals surface area contributed by atoms with E-state index >= 15 is 0 Å². The first-order valence-corrected chi connectivity index (χ1v) is 7.68. The number of carbonyl (C=O) groups is 3. The maximum Gasteiger partial charge on any atom is 0.247 e. The average molecular weight is 295 g/mol. The normalized spacial score (nSPS) is 24.0. The van der Waals surface area contributed by atoms with Crippen molar-refractivity contribution in [1.29, 1.82) is 0 Å². The van der Waals surface area contributed by atoms with Crippen LogP contribution in [0.25, 0.3) is 0 Å². The summed E-state index contributed by atoms with van der Waals surface area (Å²) < 4.78 is 0. The molecule has 0 spiro atoms. The Morgan fingerprint density at radius 2 is 1.90 bits per heavy atom. The van der Waals surface area contributed by atoms with E-state index in [2.05, 4.69) is 10.6 Å². The van der Waals surface area contributed by atoms with Gasteiger partial charge in [0.1, 0.15) is 0 Å². The third-order valence-electron chi connectivity index (χ3n) is 4.50. The van der Waals surface area contributed by atoms with E-state index in [-0.39, 0.29) is 30.2 Å². The van der Waals surface area contributed by atoms with Crippen molar-refractivity contribution in [2.75, 3.05) is 13.6 Å². The molecule has 1 aliphatic heterocycles. The van der Waals surface area contributed by atoms with Crippen molar-refractivity contribution in [2.24, 2.45) is 5.41 Å². The molecule has 0 radical (unpaired) electrons. The Bertz CT molecular complexity index is 441. The van der Waals surface area contributed by atoms with Crippen molar-refractivity contribution >= 4 is 17.7 Å². The zero-order valence-corrected chi connectivity index (χ0v) is 13.1. The molecule has 118 valence electrons. The predicted octanol–water partition coefficient (Wildman–Crippen LogP) is 0.418. The molecule has 0 aromatic heterocycles. The lowest BCUT2D eigenvalue weighted by Gasteiger charge is -2.25. The van der Waals surface area contributed by atoms with E-state index in [1.807, 2.05) is 13.8 Å². The molecule has 2 fully saturated rings. The Balaban J connectivity index is 1.95. The van der Waals surface area contributed by atoms with Crippen LogP contribution >= 0.6 is 0 Å². The highest BCUT2D eigenvalue weighted by molar-refractivity contribution is 6.05. The van der Waals surface area contributed by atoms with Gasteiger partial charge in [-0.05, 0) is 26.7 Å². The number of hydrogen-bond donors (Lipinski definition) is 2. The second-order valence-corrected chi connectivity index (χ2v) is 6.64. The summed E-state index contributed by atoms with van der Waals surface area (Å²) in [6.45, 7) is 4.00. The van der Waals surface area contributed by atoms with Gasteiger partial charge in [0.25, 0.3) is 0 Å². The van der Waals surface area contributed by atoms with Gasteiger partial charge >= 0.3 is 0 Å². The van der Waals surface area contributed by atoms with Crippen LogP contribution < -0.4 is 10.6 Å². The SMILES string of the molecule is CNC(=O)C(C)(C)CNC1CC(=O)N(C2CCCC2)C1=O. The minimum Gasteiger partial charge on any atom is -0.359 e. The van der Waals surface area contributed by atoms with Crippen LogP contribution in [-0.2, 0) is 14.4 Å². The van der Waals surface area contributed by atoms with Crippen LogP contribution in [0.5, 0.6) is 0 Å². The number of nitrogens with one attached hydrogen (secondary N) is 2. The van der Waals surface area contributed by atoms with E-state index in [0.717, 1.165) is 25.7 Å². The minimum absolute atomic E-state index is 0.0813. The van der Waals surface area contributed by atoms with Gasteiger partial charge in [0.2, 0.25) is 17.7 Å². The number of nitrogens with zero attached hydrogens (tertiary/aromatic N) is 1. The van der Waals surface area contributed by atoms with Gasteiger partial charge in [-0.1, -0.05) is 12.8 Å². The summed E-state index contributed by atoms with van der Waals surface area (Å²) >= 11 is 0. The molecule has 1 unspecified atom stereocenters. The van der Waals surface area contributed by atoms with Crippen molar-refractivity contribution in [1.82, 2.24) is 15.5 Å². The molecule has 6 nitrogen and oxygen atoms in total. The van der Waals surface area contributed by atoms with E-state index in [4.69, 9.17) is 0 Å². The minimum atomic E-state index is -0.612. The fourth-order valence-electron chi connectivity index (χ4n) is 3.15. The van der Waals surface area contributed by atoms with Crippen molar-refractivity contribution in [3.8, 4) is 0 Å². The smallest absolute Gasteiger partial charge is 0.247 e. The average Bonchev–Trinajstić information content (AvgIpc) is 3.04. The summed E-state index contributed by atoms with van der Waals surface area (Å²) in [5.74, 6) is -0.291. The molecule has 2 N–H and O–H groups in total. The van der Waals surface area contributed by atoms with Crippen LogP contribution in [0, 0.1) is 5.41 Å². The Kier molecular flexibility index (Phi) is 4.66. The van der Waals surface area contributed by atoms with E-state index in [9.17, 15) is 14.4 Å². The quantitative estimate of drug-likeness (QED) is 0.721. The van der Waals surface area contributed by atoms with E-state index < -0.39 is 11.5 Å². The highest BCUT2D eigenvalue weighted by Gasteiger charge is 2.43. The highest BCUT2D eigenvalue weighted by atomic mass is 16.2. The molecule has 0 aromatic rings. The molecular weight excluding hydrogens is 270 g/mol. The van der Waals surface area contributed by atoms with Gasteiger partial charge in [-0.2, -0.15) is 0 Å². The number of hydrogen-bond acceptors (Lipinski definition) is 4. The molecule has 0 aromatic carbocycles. The summed E-state index contributed by atoms with van der Waals surface area (Å²) in [5.41, 5.74) is -0.612. The fraction of sp³-hybridized carbons (Fsp3) is 0.800. The lowest BCUT2D eigenvalue weighted by atomic mass is 9.92. The zero-order valence-electron chi connectivity index (χ0n) is 13.1. The monoisotopic (exact) mass is 295 g/mol. The van der Waals surface area contributed by atoms with Crippen LogP contribution in [0.3, 0.4) is 0 Å². The molecule has 1 aliphatic carbocycles. The third kappa shape index (κ3) is 3.26. The second-order valence-electron chi connectivity index (χ2n) is 6.64. The molecule has 1 heterocycles.